The lowest BCUT2D eigenvalue weighted by molar-refractivity contribution is -0.138. The van der Waals surface area contributed by atoms with Gasteiger partial charge >= 0.3 is 12.1 Å². The number of aryl methyl sites for hydroxylation is 2. The molecule has 9 heteroatoms. The maximum absolute atomic E-state index is 13.4. The highest BCUT2D eigenvalue weighted by molar-refractivity contribution is 5.80. The van der Waals surface area contributed by atoms with Crippen LogP contribution in [0.2, 0.25) is 0 Å². The number of imidazole rings is 1. The van der Waals surface area contributed by atoms with Crippen LogP contribution >= 0.6 is 0 Å². The lowest BCUT2D eigenvalue weighted by Crippen LogP contribution is -2.09. The number of nitrogens with zero attached hydrogens (tertiary/aromatic N) is 2. The first-order chi connectivity index (χ1) is 19.2. The summed E-state index contributed by atoms with van der Waals surface area (Å²) < 4.78 is 54.0. The van der Waals surface area contributed by atoms with Crippen molar-refractivity contribution in [1.82, 2.24) is 9.55 Å². The fraction of sp³-hybridized carbons (Fsp3) is 0.355. The number of carboxylic acids is 1. The van der Waals surface area contributed by atoms with E-state index in [0.29, 0.717) is 30.1 Å². The van der Waals surface area contributed by atoms with Crippen LogP contribution in [0.15, 0.2) is 54.6 Å². The van der Waals surface area contributed by atoms with Gasteiger partial charge in [-0.15, -0.1) is 0 Å². The summed E-state index contributed by atoms with van der Waals surface area (Å²) in [6.07, 6.45) is -1.53. The molecule has 40 heavy (non-hydrogen) atoms. The smallest absolute Gasteiger partial charge is 0.416 e. The molecule has 6 nitrogen and oxygen atoms in total. The molecule has 0 spiro atoms. The van der Waals surface area contributed by atoms with E-state index in [-0.39, 0.29) is 18.4 Å². The highest BCUT2D eigenvalue weighted by Crippen LogP contribution is 2.38. The van der Waals surface area contributed by atoms with E-state index in [1.165, 1.54) is 6.07 Å². The molecule has 0 aliphatic carbocycles. The summed E-state index contributed by atoms with van der Waals surface area (Å²) in [5, 5.41) is 9.15. The van der Waals surface area contributed by atoms with Crippen molar-refractivity contribution in [1.29, 1.82) is 0 Å². The Balaban J connectivity index is 1.32. The van der Waals surface area contributed by atoms with E-state index in [0.717, 1.165) is 71.5 Å². The first-order valence-corrected chi connectivity index (χ1v) is 13.5. The first-order valence-electron chi connectivity index (χ1n) is 13.5. The molecule has 2 aliphatic heterocycles. The van der Waals surface area contributed by atoms with Gasteiger partial charge in [0.2, 0.25) is 0 Å². The van der Waals surface area contributed by atoms with Crippen molar-refractivity contribution in [2.75, 3.05) is 13.2 Å². The molecule has 3 heterocycles. The number of rotatable bonds is 7. The average molecular weight is 551 g/mol. The predicted octanol–water partition coefficient (Wildman–Crippen LogP) is 6.94. The Labute approximate surface area is 229 Å². The van der Waals surface area contributed by atoms with Gasteiger partial charge in [0, 0.05) is 18.1 Å². The normalized spacial score (nSPS) is 18.7. The van der Waals surface area contributed by atoms with Crippen LogP contribution in [0.25, 0.3) is 16.7 Å². The maximum atomic E-state index is 13.4. The molecule has 6 rings (SSSR count). The van der Waals surface area contributed by atoms with Crippen LogP contribution in [-0.2, 0) is 28.5 Å². The van der Waals surface area contributed by atoms with Crippen molar-refractivity contribution < 1.29 is 32.5 Å². The number of aromatic nitrogens is 2. The Bertz CT molecular complexity index is 1590. The minimum absolute atomic E-state index is 0.0483. The van der Waals surface area contributed by atoms with Gasteiger partial charge in [0.05, 0.1) is 35.3 Å². The van der Waals surface area contributed by atoms with Crippen molar-refractivity contribution >= 4 is 17.0 Å². The van der Waals surface area contributed by atoms with E-state index in [1.54, 1.807) is 0 Å². The number of halogens is 3. The second kappa shape index (κ2) is 10.3. The van der Waals surface area contributed by atoms with Crippen molar-refractivity contribution in [3.05, 3.63) is 88.2 Å². The van der Waals surface area contributed by atoms with Crippen molar-refractivity contribution in [2.45, 2.75) is 57.2 Å². The minimum atomic E-state index is -4.45. The molecule has 2 aliphatic rings. The number of aliphatic carboxylic acids is 1. The Kier molecular flexibility index (Phi) is 6.78. The molecule has 0 saturated carbocycles. The summed E-state index contributed by atoms with van der Waals surface area (Å²) in [4.78, 5) is 15.8. The van der Waals surface area contributed by atoms with Gasteiger partial charge < -0.3 is 14.6 Å². The quantitative estimate of drug-likeness (QED) is 0.270. The summed E-state index contributed by atoms with van der Waals surface area (Å²) in [6.45, 7) is 3.01. The van der Waals surface area contributed by atoms with Crippen LogP contribution in [0.1, 0.15) is 64.9 Å². The third kappa shape index (κ3) is 4.94. The van der Waals surface area contributed by atoms with Gasteiger partial charge in [0.1, 0.15) is 17.7 Å². The second-order valence-corrected chi connectivity index (χ2v) is 10.5. The number of hydrogen-bond acceptors (Lipinski definition) is 4. The SMILES string of the molecule is Cc1c(CCc2ccc3c(c2)OC[C@H]3CC(=O)O)cccc1-n1c([C@H]2CCCO2)nc2cc(C(F)(F)F)ccc21. The van der Waals surface area contributed by atoms with E-state index < -0.39 is 17.7 Å². The number of carboxylic acid groups (broad SMARTS) is 1. The van der Waals surface area contributed by atoms with E-state index in [4.69, 9.17) is 14.6 Å². The standard InChI is InChI=1S/C31H29F3N2O4/c1-18-20(9-7-19-8-11-23-21(15-29(37)38)17-40-28(23)14-19)4-2-5-25(18)36-26-12-10-22(31(32,33)34)16-24(26)35-30(36)27-6-3-13-39-27/h2,4-5,8,10-12,14,16,21,27H,3,6-7,9,13,15,17H2,1H3,(H,37,38)/t21-,27-/m1/s1. The van der Waals surface area contributed by atoms with Crippen LogP contribution in [-0.4, -0.2) is 33.8 Å². The molecule has 0 unspecified atom stereocenters. The molecular weight excluding hydrogens is 521 g/mol. The van der Waals surface area contributed by atoms with E-state index in [9.17, 15) is 18.0 Å². The molecular formula is C31H29F3N2O4. The van der Waals surface area contributed by atoms with Gasteiger partial charge in [0.15, 0.2) is 0 Å². The van der Waals surface area contributed by atoms with Crippen LogP contribution in [0.5, 0.6) is 5.75 Å². The molecule has 3 aromatic carbocycles. The van der Waals surface area contributed by atoms with E-state index in [2.05, 4.69) is 11.1 Å². The van der Waals surface area contributed by atoms with Gasteiger partial charge in [-0.2, -0.15) is 13.2 Å². The molecule has 1 fully saturated rings. The minimum Gasteiger partial charge on any atom is -0.493 e. The van der Waals surface area contributed by atoms with Gasteiger partial charge in [-0.1, -0.05) is 24.3 Å². The summed E-state index contributed by atoms with van der Waals surface area (Å²) in [5.74, 6) is 0.406. The molecule has 0 amide bonds. The number of ether oxygens (including phenoxy) is 2. The molecule has 4 aromatic rings. The average Bonchev–Trinajstić information content (AvgIpc) is 3.66. The Morgan fingerprint density at radius 2 is 1.98 bits per heavy atom. The largest absolute Gasteiger partial charge is 0.493 e. The van der Waals surface area contributed by atoms with Gasteiger partial charge in [-0.25, -0.2) is 4.98 Å². The second-order valence-electron chi connectivity index (χ2n) is 10.5. The van der Waals surface area contributed by atoms with Crippen molar-refractivity contribution in [3.63, 3.8) is 0 Å². The summed E-state index contributed by atoms with van der Waals surface area (Å²) >= 11 is 0. The van der Waals surface area contributed by atoms with E-state index in [1.807, 2.05) is 41.8 Å². The lowest BCUT2D eigenvalue weighted by Gasteiger charge is -2.18. The summed E-state index contributed by atoms with van der Waals surface area (Å²) in [5.41, 5.74) is 5.24. The number of fused-ring (bicyclic) bond motifs is 2. The zero-order valence-corrected chi connectivity index (χ0v) is 22.0. The molecule has 2 atom stereocenters. The molecule has 1 aromatic heterocycles. The van der Waals surface area contributed by atoms with Crippen LogP contribution in [0, 0.1) is 6.92 Å². The molecule has 1 N–H and O–H groups in total. The Morgan fingerprint density at radius 1 is 1.12 bits per heavy atom. The van der Waals surface area contributed by atoms with Crippen LogP contribution < -0.4 is 4.74 Å². The monoisotopic (exact) mass is 550 g/mol. The summed E-state index contributed by atoms with van der Waals surface area (Å²) in [6, 6.07) is 15.7. The lowest BCUT2D eigenvalue weighted by atomic mass is 9.94. The van der Waals surface area contributed by atoms with E-state index >= 15 is 0 Å². The number of benzene rings is 3. The summed E-state index contributed by atoms with van der Waals surface area (Å²) in [7, 11) is 0. The molecule has 0 radical (unpaired) electrons. The topological polar surface area (TPSA) is 73.6 Å². The van der Waals surface area contributed by atoms with Crippen molar-refractivity contribution in [3.8, 4) is 11.4 Å². The fourth-order valence-electron chi connectivity index (χ4n) is 5.84. The third-order valence-corrected chi connectivity index (χ3v) is 7.95. The fourth-order valence-corrected chi connectivity index (χ4v) is 5.84. The molecule has 1 saturated heterocycles. The zero-order valence-electron chi connectivity index (χ0n) is 22.0. The Hall–Kier alpha value is -3.85. The highest BCUT2D eigenvalue weighted by atomic mass is 19.4. The number of carbonyl (C=O) groups is 1. The van der Waals surface area contributed by atoms with Crippen LogP contribution in [0.3, 0.4) is 0 Å². The van der Waals surface area contributed by atoms with Gasteiger partial charge in [-0.05, 0) is 79.6 Å². The first kappa shape index (κ1) is 26.4. The number of alkyl halides is 3. The highest BCUT2D eigenvalue weighted by Gasteiger charge is 2.32. The van der Waals surface area contributed by atoms with Crippen LogP contribution in [0.4, 0.5) is 13.2 Å². The van der Waals surface area contributed by atoms with Gasteiger partial charge in [0.25, 0.3) is 0 Å². The van der Waals surface area contributed by atoms with Gasteiger partial charge in [-0.3, -0.25) is 9.36 Å². The maximum Gasteiger partial charge on any atom is 0.416 e. The predicted molar refractivity (Wildman–Crippen MR) is 143 cm³/mol. The third-order valence-electron chi connectivity index (χ3n) is 7.95. The number of hydrogen-bond donors (Lipinski definition) is 1. The molecule has 208 valence electrons. The Morgan fingerprint density at radius 3 is 2.73 bits per heavy atom. The zero-order chi connectivity index (χ0) is 28.0. The van der Waals surface area contributed by atoms with Crippen molar-refractivity contribution in [2.24, 2.45) is 0 Å². The molecule has 0 bridgehead atoms.